The van der Waals surface area contributed by atoms with Crippen molar-refractivity contribution < 1.29 is 22.7 Å². The summed E-state index contributed by atoms with van der Waals surface area (Å²) in [6, 6.07) is 5.80. The van der Waals surface area contributed by atoms with Crippen LogP contribution in [0.15, 0.2) is 40.8 Å². The molecule has 0 fully saturated rings. The average Bonchev–Trinajstić information content (AvgIpc) is 2.61. The van der Waals surface area contributed by atoms with Crippen LogP contribution in [0, 0.1) is 0 Å². The van der Waals surface area contributed by atoms with Crippen molar-refractivity contribution >= 4 is 21.7 Å². The summed E-state index contributed by atoms with van der Waals surface area (Å²) in [5, 5.41) is 2.76. The van der Waals surface area contributed by atoms with E-state index in [0.717, 1.165) is 25.5 Å². The summed E-state index contributed by atoms with van der Waals surface area (Å²) >= 11 is 0. The van der Waals surface area contributed by atoms with Gasteiger partial charge in [0.1, 0.15) is 0 Å². The highest BCUT2D eigenvalue weighted by atomic mass is 32.2. The van der Waals surface area contributed by atoms with Crippen LogP contribution in [0.3, 0.4) is 0 Å². The molecule has 0 heterocycles. The first-order valence-electron chi connectivity index (χ1n) is 8.74. The summed E-state index contributed by atoms with van der Waals surface area (Å²) in [7, 11) is -3.57. The van der Waals surface area contributed by atoms with Gasteiger partial charge in [-0.15, -0.1) is 0 Å². The van der Waals surface area contributed by atoms with Gasteiger partial charge in [-0.1, -0.05) is 23.8 Å². The van der Waals surface area contributed by atoms with Gasteiger partial charge in [0, 0.05) is 12.8 Å². The Labute approximate surface area is 154 Å². The molecule has 142 valence electrons. The SMILES string of the molecule is C[C@H](OC(=O)c1ccccc1S(C)(=O)=O)C(=O)NCCC1=CCCCC1. The molecule has 0 aliphatic heterocycles. The summed E-state index contributed by atoms with van der Waals surface area (Å²) in [6.45, 7) is 1.96. The van der Waals surface area contributed by atoms with E-state index in [2.05, 4.69) is 11.4 Å². The van der Waals surface area contributed by atoms with Gasteiger partial charge in [-0.05, 0) is 51.2 Å². The zero-order valence-corrected chi connectivity index (χ0v) is 16.0. The first-order valence-corrected chi connectivity index (χ1v) is 10.6. The second-order valence-corrected chi connectivity index (χ2v) is 8.45. The van der Waals surface area contributed by atoms with Crippen LogP contribution in [0.5, 0.6) is 0 Å². The number of carbonyl (C=O) groups is 2. The largest absolute Gasteiger partial charge is 0.449 e. The zero-order chi connectivity index (χ0) is 19.2. The molecule has 7 heteroatoms. The summed E-state index contributed by atoms with van der Waals surface area (Å²) in [6.07, 6.45) is 7.61. The third-order valence-electron chi connectivity index (χ3n) is 4.29. The van der Waals surface area contributed by atoms with Gasteiger partial charge in [0.25, 0.3) is 5.91 Å². The van der Waals surface area contributed by atoms with Crippen molar-refractivity contribution in [1.82, 2.24) is 5.32 Å². The van der Waals surface area contributed by atoms with E-state index >= 15 is 0 Å². The van der Waals surface area contributed by atoms with E-state index < -0.39 is 27.8 Å². The quantitative estimate of drug-likeness (QED) is 0.581. The Kier molecular flexibility index (Phi) is 6.97. The minimum Gasteiger partial charge on any atom is -0.449 e. The van der Waals surface area contributed by atoms with Gasteiger partial charge in [-0.3, -0.25) is 4.79 Å². The highest BCUT2D eigenvalue weighted by Gasteiger charge is 2.23. The summed E-state index contributed by atoms with van der Waals surface area (Å²) in [5.41, 5.74) is 1.28. The molecule has 1 amide bonds. The Bertz CT molecular complexity index is 798. The lowest BCUT2D eigenvalue weighted by Crippen LogP contribution is -2.36. The fourth-order valence-corrected chi connectivity index (χ4v) is 3.73. The molecule has 6 nitrogen and oxygen atoms in total. The van der Waals surface area contributed by atoms with E-state index in [-0.39, 0.29) is 10.5 Å². The van der Waals surface area contributed by atoms with Crippen LogP contribution in [0.25, 0.3) is 0 Å². The minimum atomic E-state index is -3.57. The number of sulfone groups is 1. The van der Waals surface area contributed by atoms with E-state index in [1.54, 1.807) is 6.07 Å². The van der Waals surface area contributed by atoms with E-state index in [1.165, 1.54) is 43.5 Å². The van der Waals surface area contributed by atoms with Crippen LogP contribution in [0.1, 0.15) is 49.4 Å². The molecule has 1 atom stereocenters. The number of benzene rings is 1. The van der Waals surface area contributed by atoms with Gasteiger partial charge < -0.3 is 10.1 Å². The molecule has 1 aliphatic rings. The minimum absolute atomic E-state index is 0.0676. The first-order chi connectivity index (χ1) is 12.3. The van der Waals surface area contributed by atoms with Crippen molar-refractivity contribution in [3.63, 3.8) is 0 Å². The van der Waals surface area contributed by atoms with Crippen molar-refractivity contribution in [3.05, 3.63) is 41.5 Å². The number of allylic oxidation sites excluding steroid dienone is 1. The molecular weight excluding hydrogens is 354 g/mol. The third-order valence-corrected chi connectivity index (χ3v) is 5.44. The monoisotopic (exact) mass is 379 g/mol. The van der Waals surface area contributed by atoms with Crippen molar-refractivity contribution in [1.29, 1.82) is 0 Å². The van der Waals surface area contributed by atoms with E-state index in [0.29, 0.717) is 6.54 Å². The number of nitrogens with one attached hydrogen (secondary N) is 1. The molecule has 0 radical (unpaired) electrons. The number of hydrogen-bond donors (Lipinski definition) is 1. The average molecular weight is 379 g/mol. The number of ether oxygens (including phenoxy) is 1. The number of rotatable bonds is 7. The maximum atomic E-state index is 12.3. The van der Waals surface area contributed by atoms with Crippen LogP contribution in [-0.2, 0) is 19.4 Å². The number of hydrogen-bond acceptors (Lipinski definition) is 5. The van der Waals surface area contributed by atoms with Crippen LogP contribution in [0.2, 0.25) is 0 Å². The number of carbonyl (C=O) groups excluding carboxylic acids is 2. The molecule has 1 aliphatic carbocycles. The second-order valence-electron chi connectivity index (χ2n) is 6.47. The van der Waals surface area contributed by atoms with Crippen LogP contribution >= 0.6 is 0 Å². The number of amides is 1. The van der Waals surface area contributed by atoms with Crippen LogP contribution < -0.4 is 5.32 Å². The normalized spacial score (nSPS) is 15.7. The van der Waals surface area contributed by atoms with Crippen LogP contribution in [0.4, 0.5) is 0 Å². The lowest BCUT2D eigenvalue weighted by molar-refractivity contribution is -0.129. The molecule has 0 saturated carbocycles. The highest BCUT2D eigenvalue weighted by Crippen LogP contribution is 2.19. The lowest BCUT2D eigenvalue weighted by atomic mass is 9.97. The van der Waals surface area contributed by atoms with Crippen molar-refractivity contribution in [2.45, 2.75) is 50.0 Å². The van der Waals surface area contributed by atoms with E-state index in [4.69, 9.17) is 4.74 Å². The number of esters is 1. The third kappa shape index (κ3) is 5.69. The van der Waals surface area contributed by atoms with E-state index in [9.17, 15) is 18.0 Å². The maximum Gasteiger partial charge on any atom is 0.340 e. The molecule has 26 heavy (non-hydrogen) atoms. The predicted molar refractivity (Wildman–Crippen MR) is 98.6 cm³/mol. The zero-order valence-electron chi connectivity index (χ0n) is 15.2. The lowest BCUT2D eigenvalue weighted by Gasteiger charge is -2.16. The Morgan fingerprint density at radius 2 is 1.96 bits per heavy atom. The summed E-state index contributed by atoms with van der Waals surface area (Å²) < 4.78 is 28.7. The molecule has 2 rings (SSSR count). The second kappa shape index (κ2) is 8.98. The molecule has 0 saturated heterocycles. The molecule has 0 spiro atoms. The molecule has 0 aromatic heterocycles. The fourth-order valence-electron chi connectivity index (χ4n) is 2.86. The van der Waals surface area contributed by atoms with Gasteiger partial charge in [-0.2, -0.15) is 0 Å². The van der Waals surface area contributed by atoms with Crippen molar-refractivity contribution in [2.24, 2.45) is 0 Å². The van der Waals surface area contributed by atoms with E-state index in [1.807, 2.05) is 0 Å². The molecule has 1 aromatic rings. The topological polar surface area (TPSA) is 89.5 Å². The Morgan fingerprint density at radius 3 is 2.62 bits per heavy atom. The van der Waals surface area contributed by atoms with Gasteiger partial charge in [0.2, 0.25) is 0 Å². The van der Waals surface area contributed by atoms with Gasteiger partial charge >= 0.3 is 5.97 Å². The highest BCUT2D eigenvalue weighted by molar-refractivity contribution is 7.90. The van der Waals surface area contributed by atoms with Gasteiger partial charge in [0.05, 0.1) is 10.5 Å². The first kappa shape index (κ1) is 20.2. The Hall–Kier alpha value is -2.15. The standard InChI is InChI=1S/C19H25NO5S/c1-14(18(21)20-13-12-15-8-4-3-5-9-15)25-19(22)16-10-6-7-11-17(16)26(2,23)24/h6-8,10-11,14H,3-5,9,12-13H2,1-2H3,(H,20,21)/t14-/m0/s1. The van der Waals surface area contributed by atoms with Crippen molar-refractivity contribution in [2.75, 3.05) is 12.8 Å². The molecule has 0 bridgehead atoms. The summed E-state index contributed by atoms with van der Waals surface area (Å²) in [5.74, 6) is -1.23. The maximum absolute atomic E-state index is 12.3. The Morgan fingerprint density at radius 1 is 1.23 bits per heavy atom. The molecular formula is C19H25NO5S. The van der Waals surface area contributed by atoms with Crippen molar-refractivity contribution in [3.8, 4) is 0 Å². The predicted octanol–water partition coefficient (Wildman–Crippen LogP) is 2.64. The summed E-state index contributed by atoms with van der Waals surface area (Å²) in [4.78, 5) is 24.3. The smallest absolute Gasteiger partial charge is 0.340 e. The molecule has 1 aromatic carbocycles. The Balaban J connectivity index is 1.90. The molecule has 0 unspecified atom stereocenters. The fraction of sp³-hybridized carbons (Fsp3) is 0.474. The molecule has 1 N–H and O–H groups in total. The van der Waals surface area contributed by atoms with Gasteiger partial charge in [0.15, 0.2) is 15.9 Å². The van der Waals surface area contributed by atoms with Crippen LogP contribution in [-0.4, -0.2) is 39.2 Å². The van der Waals surface area contributed by atoms with Gasteiger partial charge in [-0.25, -0.2) is 13.2 Å².